The van der Waals surface area contributed by atoms with Gasteiger partial charge in [0.2, 0.25) is 0 Å². The van der Waals surface area contributed by atoms with Gasteiger partial charge in [0, 0.05) is 47.4 Å². The van der Waals surface area contributed by atoms with Gasteiger partial charge in [-0.1, -0.05) is 37.5 Å². The molecule has 1 unspecified atom stereocenters. The number of rotatable bonds is 7. The molecule has 0 saturated heterocycles. The highest BCUT2D eigenvalue weighted by atomic mass is 19.1. The van der Waals surface area contributed by atoms with E-state index in [-0.39, 0.29) is 17.9 Å². The van der Waals surface area contributed by atoms with E-state index in [9.17, 15) is 4.39 Å². The third-order valence-electron chi connectivity index (χ3n) is 7.35. The van der Waals surface area contributed by atoms with Crippen LogP contribution in [0.2, 0.25) is 0 Å². The second-order valence-electron chi connectivity index (χ2n) is 10.9. The Balaban J connectivity index is 0.000000786. The number of benzene rings is 2. The Bertz CT molecular complexity index is 1210. The monoisotopic (exact) mass is 530 g/mol. The molecule has 5 rings (SSSR count). The summed E-state index contributed by atoms with van der Waals surface area (Å²) in [5.41, 5.74) is 1.15. The number of carbonyl (C=O) groups excluding carboxylic acids is 1. The van der Waals surface area contributed by atoms with E-state index >= 15 is 8.78 Å². The van der Waals surface area contributed by atoms with Crippen molar-refractivity contribution >= 4 is 17.4 Å². The van der Waals surface area contributed by atoms with Crippen molar-refractivity contribution < 1.29 is 27.4 Å². The van der Waals surface area contributed by atoms with Gasteiger partial charge in [-0.25, -0.2) is 13.2 Å². The first kappa shape index (κ1) is 28.0. The molecular formula is C30H37F3N2O3. The summed E-state index contributed by atoms with van der Waals surface area (Å²) in [5.74, 6) is -0.655. The molecular weight excluding hydrogens is 493 g/mol. The minimum atomic E-state index is -1.50. The van der Waals surface area contributed by atoms with Crippen LogP contribution in [0.1, 0.15) is 68.8 Å². The van der Waals surface area contributed by atoms with Crippen molar-refractivity contribution in [2.75, 3.05) is 26.8 Å². The Morgan fingerprint density at radius 1 is 1.11 bits per heavy atom. The Morgan fingerprint density at radius 2 is 1.76 bits per heavy atom. The fourth-order valence-corrected chi connectivity index (χ4v) is 5.74. The van der Waals surface area contributed by atoms with Crippen LogP contribution in [0.5, 0.6) is 5.75 Å². The normalized spacial score (nSPS) is 18.4. The van der Waals surface area contributed by atoms with Gasteiger partial charge < -0.3 is 14.5 Å². The average molecular weight is 531 g/mol. The Kier molecular flexibility index (Phi) is 9.03. The number of H-pyrrole nitrogens is 1. The van der Waals surface area contributed by atoms with Crippen molar-refractivity contribution in [3.05, 3.63) is 64.9 Å². The third-order valence-corrected chi connectivity index (χ3v) is 7.35. The summed E-state index contributed by atoms with van der Waals surface area (Å²) in [6.45, 7) is 4.45. The van der Waals surface area contributed by atoms with Crippen molar-refractivity contribution in [2.24, 2.45) is 5.92 Å². The molecule has 0 bridgehead atoms. The van der Waals surface area contributed by atoms with Crippen molar-refractivity contribution in [3.63, 3.8) is 0 Å². The molecule has 0 spiro atoms. The number of aromatic nitrogens is 1. The minimum Gasteiger partial charge on any atom is -0.493 e. The van der Waals surface area contributed by atoms with E-state index in [1.165, 1.54) is 52.4 Å². The van der Waals surface area contributed by atoms with Gasteiger partial charge in [0.25, 0.3) is 6.47 Å². The summed E-state index contributed by atoms with van der Waals surface area (Å²) in [6, 6.07) is 9.71. The zero-order valence-corrected chi connectivity index (χ0v) is 22.4. The molecule has 206 valence electrons. The lowest BCUT2D eigenvalue weighted by atomic mass is 9.90. The first-order valence-corrected chi connectivity index (χ1v) is 13.3. The van der Waals surface area contributed by atoms with Crippen LogP contribution >= 0.6 is 0 Å². The van der Waals surface area contributed by atoms with Gasteiger partial charge in [-0.15, -0.1) is 0 Å². The SMILES string of the molecule is CC(C)(F)CN1CCc2c([nH]c3ccccc23)C1c1c(F)cc(OCC2CCCCC2)cc1F.COC=O. The van der Waals surface area contributed by atoms with Crippen LogP contribution in [0, 0.1) is 17.6 Å². The maximum Gasteiger partial charge on any atom is 0.292 e. The zero-order chi connectivity index (χ0) is 27.3. The summed E-state index contributed by atoms with van der Waals surface area (Å²) in [4.78, 5) is 14.2. The number of fused-ring (bicyclic) bond motifs is 3. The van der Waals surface area contributed by atoms with E-state index in [0.29, 0.717) is 32.0 Å². The molecule has 5 nitrogen and oxygen atoms in total. The highest BCUT2D eigenvalue weighted by Gasteiger charge is 2.38. The highest BCUT2D eigenvalue weighted by molar-refractivity contribution is 5.85. The van der Waals surface area contributed by atoms with Crippen LogP contribution in [0.25, 0.3) is 10.9 Å². The lowest BCUT2D eigenvalue weighted by molar-refractivity contribution is -0.126. The van der Waals surface area contributed by atoms with Crippen molar-refractivity contribution in [1.29, 1.82) is 0 Å². The van der Waals surface area contributed by atoms with Gasteiger partial charge in [0.15, 0.2) is 0 Å². The smallest absolute Gasteiger partial charge is 0.292 e. The van der Waals surface area contributed by atoms with Gasteiger partial charge in [0.1, 0.15) is 23.1 Å². The van der Waals surface area contributed by atoms with Gasteiger partial charge in [-0.3, -0.25) is 9.69 Å². The number of aromatic amines is 1. The molecule has 1 aliphatic heterocycles. The van der Waals surface area contributed by atoms with Crippen molar-refractivity contribution in [1.82, 2.24) is 9.88 Å². The lowest BCUT2D eigenvalue weighted by Crippen LogP contribution is -2.43. The first-order valence-electron chi connectivity index (χ1n) is 13.3. The van der Waals surface area contributed by atoms with Crippen LogP contribution < -0.4 is 4.74 Å². The van der Waals surface area contributed by atoms with Gasteiger partial charge in [-0.2, -0.15) is 0 Å². The molecule has 1 atom stereocenters. The minimum absolute atomic E-state index is 0.0539. The maximum atomic E-state index is 15.6. The Hall–Kier alpha value is -3.00. The van der Waals surface area contributed by atoms with Crippen LogP contribution in [-0.2, 0) is 16.0 Å². The van der Waals surface area contributed by atoms with Gasteiger partial charge in [0.05, 0.1) is 19.8 Å². The number of alkyl halides is 1. The predicted octanol–water partition coefficient (Wildman–Crippen LogP) is 6.89. The van der Waals surface area contributed by atoms with E-state index in [4.69, 9.17) is 9.53 Å². The Labute approximate surface area is 222 Å². The zero-order valence-electron chi connectivity index (χ0n) is 22.4. The molecule has 8 heteroatoms. The lowest BCUT2D eigenvalue weighted by Gasteiger charge is -2.38. The number of hydrogen-bond donors (Lipinski definition) is 1. The van der Waals surface area contributed by atoms with E-state index in [0.717, 1.165) is 35.0 Å². The number of halogens is 3. The standard InChI is InChI=1S/C28H33F3N2O.C2H4O2/c1-28(2,31)17-33-13-12-21-20-10-6-7-11-24(20)32-26(21)27(33)25-22(29)14-19(15-23(25)30)34-16-18-8-4-3-5-9-18;1-4-2-3/h6-7,10-11,14-15,18,27,32H,3-5,8-9,12-13,16-17H2,1-2H3;2H,1H3. The number of nitrogens with one attached hydrogen (secondary N) is 1. The predicted molar refractivity (Wildman–Crippen MR) is 142 cm³/mol. The van der Waals surface area contributed by atoms with E-state index in [1.54, 1.807) is 0 Å². The highest BCUT2D eigenvalue weighted by Crippen LogP contribution is 2.42. The summed E-state index contributed by atoms with van der Waals surface area (Å²) in [5, 5.41) is 1.05. The topological polar surface area (TPSA) is 54.6 Å². The molecule has 1 saturated carbocycles. The quantitative estimate of drug-likeness (QED) is 0.338. The largest absolute Gasteiger partial charge is 0.493 e. The molecule has 38 heavy (non-hydrogen) atoms. The molecule has 1 fully saturated rings. The number of hydrogen-bond acceptors (Lipinski definition) is 4. The molecule has 1 aromatic heterocycles. The molecule has 2 aromatic carbocycles. The second-order valence-corrected chi connectivity index (χ2v) is 10.9. The van der Waals surface area contributed by atoms with Crippen LogP contribution in [0.3, 0.4) is 0 Å². The molecule has 1 N–H and O–H groups in total. The van der Waals surface area contributed by atoms with Crippen molar-refractivity contribution in [3.8, 4) is 5.75 Å². The molecule has 0 amide bonds. The van der Waals surface area contributed by atoms with E-state index in [2.05, 4.69) is 9.72 Å². The summed E-state index contributed by atoms with van der Waals surface area (Å²) >= 11 is 0. The molecule has 1 aliphatic carbocycles. The summed E-state index contributed by atoms with van der Waals surface area (Å²) < 4.78 is 55.5. The fourth-order valence-electron chi connectivity index (χ4n) is 5.74. The van der Waals surface area contributed by atoms with E-state index < -0.39 is 23.3 Å². The van der Waals surface area contributed by atoms with Crippen LogP contribution in [0.4, 0.5) is 13.2 Å². The molecule has 2 heterocycles. The Morgan fingerprint density at radius 3 is 2.39 bits per heavy atom. The maximum absolute atomic E-state index is 15.6. The average Bonchev–Trinajstić information content (AvgIpc) is 3.27. The molecule has 0 radical (unpaired) electrons. The number of nitrogens with zero attached hydrogens (tertiary/aromatic N) is 1. The summed E-state index contributed by atoms with van der Waals surface area (Å²) in [6.07, 6.45) is 6.51. The molecule has 2 aliphatic rings. The van der Waals surface area contributed by atoms with Gasteiger partial charge >= 0.3 is 0 Å². The summed E-state index contributed by atoms with van der Waals surface area (Å²) in [7, 11) is 1.31. The first-order chi connectivity index (χ1) is 18.2. The number of methoxy groups -OCH3 is 1. The third kappa shape index (κ3) is 6.52. The fraction of sp³-hybridized carbons (Fsp3) is 0.500. The number of ether oxygens (including phenoxy) is 2. The van der Waals surface area contributed by atoms with Crippen LogP contribution in [-0.4, -0.2) is 48.8 Å². The van der Waals surface area contributed by atoms with Crippen LogP contribution in [0.15, 0.2) is 36.4 Å². The van der Waals surface area contributed by atoms with Gasteiger partial charge in [-0.05, 0) is 50.7 Å². The van der Waals surface area contributed by atoms with E-state index in [1.807, 2.05) is 29.2 Å². The van der Waals surface area contributed by atoms with Crippen molar-refractivity contribution in [2.45, 2.75) is 64.1 Å². The number of carbonyl (C=O) groups is 1. The number of para-hydroxylation sites is 1. The second kappa shape index (κ2) is 12.2. The molecule has 3 aromatic rings.